The Hall–Kier alpha value is -2.49. The molecule has 0 amide bonds. The quantitative estimate of drug-likeness (QED) is 0.495. The molecule has 0 unspecified atom stereocenters. The maximum Gasteiger partial charge on any atom is 0.340 e. The molecule has 0 atom stereocenters. The fourth-order valence-electron chi connectivity index (χ4n) is 2.15. The summed E-state index contributed by atoms with van der Waals surface area (Å²) in [6.45, 7) is -0.0146. The van der Waals surface area contributed by atoms with Crippen molar-refractivity contribution in [3.63, 3.8) is 0 Å². The molecule has 2 N–H and O–H groups in total. The minimum Gasteiger partial charge on any atom is -0.456 e. The maximum atomic E-state index is 12.0. The van der Waals surface area contributed by atoms with Gasteiger partial charge in [0, 0.05) is 23.4 Å². The van der Waals surface area contributed by atoms with E-state index in [1.54, 1.807) is 17.5 Å². The largest absolute Gasteiger partial charge is 0.456 e. The smallest absolute Gasteiger partial charge is 0.340 e. The number of carbonyl (C=O) groups excluding carboxylic acids is 1. The average Bonchev–Trinajstić information content (AvgIpc) is 3.10. The van der Waals surface area contributed by atoms with Crippen LogP contribution in [0.15, 0.2) is 46.8 Å². The van der Waals surface area contributed by atoms with Crippen molar-refractivity contribution in [2.45, 2.75) is 11.5 Å². The van der Waals surface area contributed by atoms with Crippen LogP contribution in [0, 0.1) is 0 Å². The Morgan fingerprint density at radius 1 is 1.30 bits per heavy atom. The molecular weight excluding hydrogens is 410 g/mol. The van der Waals surface area contributed by atoms with Crippen LogP contribution in [0.25, 0.3) is 10.6 Å². The van der Waals surface area contributed by atoms with Gasteiger partial charge in [0.15, 0.2) is 15.0 Å². The number of halogens is 1. The van der Waals surface area contributed by atoms with Gasteiger partial charge in [-0.1, -0.05) is 23.7 Å². The summed E-state index contributed by atoms with van der Waals surface area (Å²) in [6.07, 6.45) is 2.44. The number of aromatic nitrogens is 2. The highest BCUT2D eigenvalue weighted by molar-refractivity contribution is 7.90. The maximum absolute atomic E-state index is 12.0. The first-order valence-electron chi connectivity index (χ1n) is 7.57. The molecule has 3 rings (SSSR count). The van der Waals surface area contributed by atoms with E-state index in [0.29, 0.717) is 10.7 Å². The number of nitrogen functional groups attached to an aromatic ring is 1. The van der Waals surface area contributed by atoms with E-state index in [-0.39, 0.29) is 27.9 Å². The van der Waals surface area contributed by atoms with E-state index < -0.39 is 15.8 Å². The lowest BCUT2D eigenvalue weighted by Gasteiger charge is -2.04. The van der Waals surface area contributed by atoms with Gasteiger partial charge in [0.2, 0.25) is 0 Å². The number of nitrogens with zero attached hydrogens (tertiary/aromatic N) is 2. The zero-order chi connectivity index (χ0) is 19.6. The summed E-state index contributed by atoms with van der Waals surface area (Å²) in [5, 5.41) is 2.58. The molecule has 10 heteroatoms. The lowest BCUT2D eigenvalue weighted by Crippen LogP contribution is -2.07. The molecule has 0 radical (unpaired) electrons. The fourth-order valence-corrected chi connectivity index (χ4v) is 3.69. The number of carbonyl (C=O) groups is 1. The second kappa shape index (κ2) is 7.63. The standard InChI is InChI=1S/C17H14ClN3O4S2/c1-27(23,24)13-4-2-10(3-5-13)16-21-12(9-26-16)8-25-17(22)11-6-14(19)15(18)20-7-11/h2-7,9H,8,19H2,1H3. The van der Waals surface area contributed by atoms with Crippen LogP contribution in [-0.2, 0) is 21.2 Å². The van der Waals surface area contributed by atoms with Crippen LogP contribution >= 0.6 is 22.9 Å². The van der Waals surface area contributed by atoms with Gasteiger partial charge in [-0.25, -0.2) is 23.2 Å². The number of ether oxygens (including phenoxy) is 1. The molecule has 0 aliphatic heterocycles. The number of anilines is 1. The fraction of sp³-hybridized carbons (Fsp3) is 0.118. The van der Waals surface area contributed by atoms with Crippen molar-refractivity contribution in [3.05, 3.63) is 58.3 Å². The Bertz CT molecular complexity index is 1100. The molecule has 0 saturated heterocycles. The Kier molecular flexibility index (Phi) is 5.45. The molecule has 3 aromatic rings. The second-order valence-corrected chi connectivity index (χ2v) is 8.85. The predicted molar refractivity (Wildman–Crippen MR) is 103 cm³/mol. The number of thiazole rings is 1. The average molecular weight is 424 g/mol. The molecule has 140 valence electrons. The molecule has 0 aliphatic rings. The van der Waals surface area contributed by atoms with E-state index in [1.165, 1.54) is 35.7 Å². The second-order valence-electron chi connectivity index (χ2n) is 5.62. The Labute approximate surface area is 164 Å². The van der Waals surface area contributed by atoms with Crippen molar-refractivity contribution >= 4 is 44.4 Å². The zero-order valence-corrected chi connectivity index (χ0v) is 16.4. The van der Waals surface area contributed by atoms with Crippen molar-refractivity contribution in [2.24, 2.45) is 0 Å². The SMILES string of the molecule is CS(=O)(=O)c1ccc(-c2nc(COC(=O)c3cnc(Cl)c(N)c3)cs2)cc1. The minimum atomic E-state index is -3.24. The van der Waals surface area contributed by atoms with Crippen LogP contribution in [0.4, 0.5) is 5.69 Å². The topological polar surface area (TPSA) is 112 Å². The van der Waals surface area contributed by atoms with Crippen LogP contribution in [0.1, 0.15) is 16.1 Å². The molecule has 0 spiro atoms. The van der Waals surface area contributed by atoms with E-state index in [0.717, 1.165) is 11.8 Å². The number of rotatable bonds is 5. The van der Waals surface area contributed by atoms with E-state index in [2.05, 4.69) is 9.97 Å². The summed E-state index contributed by atoms with van der Waals surface area (Å²) >= 11 is 7.09. The van der Waals surface area contributed by atoms with Gasteiger partial charge >= 0.3 is 5.97 Å². The third-order valence-electron chi connectivity index (χ3n) is 3.53. The molecule has 1 aromatic carbocycles. The lowest BCUT2D eigenvalue weighted by atomic mass is 10.2. The minimum absolute atomic E-state index is 0.0146. The van der Waals surface area contributed by atoms with E-state index in [9.17, 15) is 13.2 Å². The van der Waals surface area contributed by atoms with E-state index in [1.807, 2.05) is 0 Å². The molecule has 7 nitrogen and oxygen atoms in total. The summed E-state index contributed by atoms with van der Waals surface area (Å²) < 4.78 is 28.2. The molecule has 2 aromatic heterocycles. The number of benzene rings is 1. The van der Waals surface area contributed by atoms with Crippen molar-refractivity contribution in [1.82, 2.24) is 9.97 Å². The van der Waals surface area contributed by atoms with Crippen molar-refractivity contribution in [3.8, 4) is 10.6 Å². The number of hydrogen-bond acceptors (Lipinski definition) is 8. The van der Waals surface area contributed by atoms with Gasteiger partial charge in [-0.15, -0.1) is 11.3 Å². The number of nitrogens with two attached hydrogens (primary N) is 1. The molecule has 2 heterocycles. The van der Waals surface area contributed by atoms with Gasteiger partial charge in [0.05, 0.1) is 21.8 Å². The first-order valence-corrected chi connectivity index (χ1v) is 10.7. The molecule has 0 aliphatic carbocycles. The van der Waals surface area contributed by atoms with Crippen molar-refractivity contribution < 1.29 is 17.9 Å². The first kappa shape index (κ1) is 19.3. The monoisotopic (exact) mass is 423 g/mol. The first-order chi connectivity index (χ1) is 12.7. The van der Waals surface area contributed by atoms with Gasteiger partial charge < -0.3 is 10.5 Å². The van der Waals surface area contributed by atoms with Gasteiger partial charge in [-0.3, -0.25) is 0 Å². The number of hydrogen-bond donors (Lipinski definition) is 1. The third kappa shape index (κ3) is 4.62. The summed E-state index contributed by atoms with van der Waals surface area (Å²) in [4.78, 5) is 20.5. The molecule has 0 bridgehead atoms. The number of sulfone groups is 1. The summed E-state index contributed by atoms with van der Waals surface area (Å²) in [5.41, 5.74) is 7.36. The third-order valence-corrected chi connectivity index (χ3v) is 5.92. The van der Waals surface area contributed by atoms with Crippen LogP contribution in [0.5, 0.6) is 0 Å². The Balaban J connectivity index is 1.67. The van der Waals surface area contributed by atoms with Crippen LogP contribution in [0.3, 0.4) is 0 Å². The Morgan fingerprint density at radius 3 is 2.63 bits per heavy atom. The summed E-state index contributed by atoms with van der Waals surface area (Å²) in [7, 11) is -3.24. The Morgan fingerprint density at radius 2 is 2.00 bits per heavy atom. The van der Waals surface area contributed by atoms with Gasteiger partial charge in [0.25, 0.3) is 0 Å². The summed E-state index contributed by atoms with van der Waals surface area (Å²) in [6, 6.07) is 7.83. The lowest BCUT2D eigenvalue weighted by molar-refractivity contribution is 0.0468. The predicted octanol–water partition coefficient (Wildman–Crippen LogP) is 3.20. The van der Waals surface area contributed by atoms with Crippen LogP contribution in [0.2, 0.25) is 5.15 Å². The molecule has 0 fully saturated rings. The molecule has 0 saturated carbocycles. The van der Waals surface area contributed by atoms with Gasteiger partial charge in [-0.05, 0) is 18.2 Å². The van der Waals surface area contributed by atoms with Gasteiger partial charge in [0.1, 0.15) is 11.6 Å². The number of esters is 1. The van der Waals surface area contributed by atoms with Crippen molar-refractivity contribution in [1.29, 1.82) is 0 Å². The van der Waals surface area contributed by atoms with Gasteiger partial charge in [-0.2, -0.15) is 0 Å². The van der Waals surface area contributed by atoms with Crippen LogP contribution in [-0.4, -0.2) is 30.6 Å². The number of pyridine rings is 1. The van der Waals surface area contributed by atoms with E-state index >= 15 is 0 Å². The highest BCUT2D eigenvalue weighted by Gasteiger charge is 2.13. The van der Waals surface area contributed by atoms with E-state index in [4.69, 9.17) is 22.1 Å². The normalized spacial score (nSPS) is 11.3. The molecule has 27 heavy (non-hydrogen) atoms. The highest BCUT2D eigenvalue weighted by Crippen LogP contribution is 2.25. The van der Waals surface area contributed by atoms with Crippen molar-refractivity contribution in [2.75, 3.05) is 12.0 Å². The van der Waals surface area contributed by atoms with Crippen LogP contribution < -0.4 is 5.73 Å². The highest BCUT2D eigenvalue weighted by atomic mass is 35.5. The zero-order valence-electron chi connectivity index (χ0n) is 14.0. The summed E-state index contributed by atoms with van der Waals surface area (Å²) in [5.74, 6) is -0.585. The molecular formula is C17H14ClN3O4S2.